The molecule has 1 aromatic carbocycles. The number of carbonyl (C=O) groups is 1. The number of rotatable bonds is 3. The quantitative estimate of drug-likeness (QED) is 0.724. The number of halogens is 1. The van der Waals surface area contributed by atoms with Gasteiger partial charge in [-0.3, -0.25) is 9.59 Å². The van der Waals surface area contributed by atoms with Crippen molar-refractivity contribution >= 4 is 28.4 Å². The standard InChI is InChI=1S/C20H21ClN4O2/c1-12-2-9-19(26)25(24-12)16-6-4-15(5-7-16)22-20(27)18-11-13-10-14(21)3-8-17(13)23-18/h2-3,8-11,15-16,23H,4-7H2,1H3,(H,22,27). The number of fused-ring (bicyclic) bond motifs is 1. The van der Waals surface area contributed by atoms with Crippen LogP contribution < -0.4 is 10.9 Å². The van der Waals surface area contributed by atoms with Gasteiger partial charge in [0.1, 0.15) is 5.69 Å². The van der Waals surface area contributed by atoms with Gasteiger partial charge in [0.15, 0.2) is 0 Å². The second-order valence-electron chi connectivity index (χ2n) is 7.15. The molecule has 1 fully saturated rings. The number of benzene rings is 1. The first-order valence-electron chi connectivity index (χ1n) is 9.15. The maximum absolute atomic E-state index is 12.6. The molecule has 1 aliphatic rings. The number of nitrogens with one attached hydrogen (secondary N) is 2. The van der Waals surface area contributed by atoms with E-state index in [1.165, 1.54) is 0 Å². The minimum atomic E-state index is -0.114. The lowest BCUT2D eigenvalue weighted by atomic mass is 9.91. The van der Waals surface area contributed by atoms with Gasteiger partial charge < -0.3 is 10.3 Å². The average molecular weight is 385 g/mol. The summed E-state index contributed by atoms with van der Waals surface area (Å²) < 4.78 is 1.59. The Morgan fingerprint density at radius 1 is 1.19 bits per heavy atom. The van der Waals surface area contributed by atoms with Crippen molar-refractivity contribution in [2.75, 3.05) is 0 Å². The van der Waals surface area contributed by atoms with Crippen molar-refractivity contribution in [3.63, 3.8) is 0 Å². The number of hydrogen-bond acceptors (Lipinski definition) is 3. The molecule has 3 aromatic rings. The SMILES string of the molecule is Cc1ccc(=O)n(C2CCC(NC(=O)c3cc4cc(Cl)ccc4[nH]3)CC2)n1. The number of hydrogen-bond donors (Lipinski definition) is 2. The van der Waals surface area contributed by atoms with Gasteiger partial charge in [-0.2, -0.15) is 5.10 Å². The Morgan fingerprint density at radius 2 is 1.96 bits per heavy atom. The normalized spacial score (nSPS) is 19.9. The van der Waals surface area contributed by atoms with Crippen LogP contribution >= 0.6 is 11.6 Å². The van der Waals surface area contributed by atoms with E-state index in [1.807, 2.05) is 25.1 Å². The summed E-state index contributed by atoms with van der Waals surface area (Å²) in [4.78, 5) is 27.8. The second kappa shape index (κ2) is 7.19. The average Bonchev–Trinajstić information content (AvgIpc) is 3.08. The van der Waals surface area contributed by atoms with E-state index >= 15 is 0 Å². The summed E-state index contributed by atoms with van der Waals surface area (Å²) in [5, 5.41) is 9.02. The Balaban J connectivity index is 1.40. The summed E-state index contributed by atoms with van der Waals surface area (Å²) in [7, 11) is 0. The minimum Gasteiger partial charge on any atom is -0.351 e. The van der Waals surface area contributed by atoms with Gasteiger partial charge >= 0.3 is 0 Å². The molecule has 0 bridgehead atoms. The Morgan fingerprint density at radius 3 is 2.74 bits per heavy atom. The number of aromatic amines is 1. The predicted molar refractivity (Wildman–Crippen MR) is 105 cm³/mol. The van der Waals surface area contributed by atoms with Gasteiger partial charge in [-0.1, -0.05) is 11.6 Å². The molecular formula is C20H21ClN4O2. The van der Waals surface area contributed by atoms with Crippen LogP contribution in [-0.2, 0) is 0 Å². The summed E-state index contributed by atoms with van der Waals surface area (Å²) in [5.74, 6) is -0.114. The fourth-order valence-corrected chi connectivity index (χ4v) is 3.92. The van der Waals surface area contributed by atoms with E-state index in [9.17, 15) is 9.59 Å². The van der Waals surface area contributed by atoms with Gasteiger partial charge in [-0.25, -0.2) is 4.68 Å². The third-order valence-electron chi connectivity index (χ3n) is 5.16. The minimum absolute atomic E-state index is 0.0650. The van der Waals surface area contributed by atoms with Gasteiger partial charge in [-0.15, -0.1) is 0 Å². The van der Waals surface area contributed by atoms with Crippen molar-refractivity contribution < 1.29 is 4.79 Å². The van der Waals surface area contributed by atoms with Crippen molar-refractivity contribution in [1.82, 2.24) is 20.1 Å². The van der Waals surface area contributed by atoms with E-state index in [4.69, 9.17) is 11.6 Å². The molecule has 6 nitrogen and oxygen atoms in total. The summed E-state index contributed by atoms with van der Waals surface area (Å²) in [5.41, 5.74) is 2.19. The number of nitrogens with zero attached hydrogens (tertiary/aromatic N) is 2. The van der Waals surface area contributed by atoms with Gasteiger partial charge in [0.2, 0.25) is 0 Å². The zero-order chi connectivity index (χ0) is 19.0. The fraction of sp³-hybridized carbons (Fsp3) is 0.350. The lowest BCUT2D eigenvalue weighted by Gasteiger charge is -2.29. The van der Waals surface area contributed by atoms with Crippen LogP contribution in [-0.4, -0.2) is 26.7 Å². The molecule has 2 heterocycles. The smallest absolute Gasteiger partial charge is 0.267 e. The molecule has 4 rings (SSSR count). The molecule has 1 amide bonds. The highest BCUT2D eigenvalue weighted by Gasteiger charge is 2.25. The number of aryl methyl sites for hydroxylation is 1. The topological polar surface area (TPSA) is 79.8 Å². The summed E-state index contributed by atoms with van der Waals surface area (Å²) in [6, 6.07) is 10.8. The highest BCUT2D eigenvalue weighted by molar-refractivity contribution is 6.31. The van der Waals surface area contributed by atoms with E-state index in [-0.39, 0.29) is 23.6 Å². The lowest BCUT2D eigenvalue weighted by Crippen LogP contribution is -2.39. The molecule has 1 saturated carbocycles. The van der Waals surface area contributed by atoms with Gasteiger partial charge in [-0.05, 0) is 62.9 Å². The first kappa shape index (κ1) is 17.8. The highest BCUT2D eigenvalue weighted by atomic mass is 35.5. The van der Waals surface area contributed by atoms with Crippen LogP contribution in [0.1, 0.15) is 47.9 Å². The monoisotopic (exact) mass is 384 g/mol. The summed E-state index contributed by atoms with van der Waals surface area (Å²) in [6.07, 6.45) is 3.29. The molecule has 0 atom stereocenters. The number of amides is 1. The number of H-pyrrole nitrogens is 1. The third kappa shape index (κ3) is 3.76. The van der Waals surface area contributed by atoms with Crippen LogP contribution in [0, 0.1) is 6.92 Å². The van der Waals surface area contributed by atoms with E-state index in [0.717, 1.165) is 42.3 Å². The van der Waals surface area contributed by atoms with Crippen LogP contribution in [0.5, 0.6) is 0 Å². The molecule has 7 heteroatoms. The summed E-state index contributed by atoms with van der Waals surface area (Å²) >= 11 is 6.00. The predicted octanol–water partition coefficient (Wildman–Crippen LogP) is 3.60. The Kier molecular flexibility index (Phi) is 4.74. The van der Waals surface area contributed by atoms with Crippen LogP contribution in [0.25, 0.3) is 10.9 Å². The molecule has 27 heavy (non-hydrogen) atoms. The maximum atomic E-state index is 12.6. The van der Waals surface area contributed by atoms with Crippen molar-refractivity contribution in [2.24, 2.45) is 0 Å². The molecule has 0 aliphatic heterocycles. The largest absolute Gasteiger partial charge is 0.351 e. The second-order valence-corrected chi connectivity index (χ2v) is 7.59. The Bertz CT molecular complexity index is 1050. The van der Waals surface area contributed by atoms with Crippen LogP contribution in [0.4, 0.5) is 0 Å². The zero-order valence-electron chi connectivity index (χ0n) is 15.0. The van der Waals surface area contributed by atoms with Gasteiger partial charge in [0.25, 0.3) is 11.5 Å². The molecule has 1 aliphatic carbocycles. The van der Waals surface area contributed by atoms with Crippen molar-refractivity contribution in [3.8, 4) is 0 Å². The highest BCUT2D eigenvalue weighted by Crippen LogP contribution is 2.27. The Labute approximate surface area is 161 Å². The summed E-state index contributed by atoms with van der Waals surface area (Å²) in [6.45, 7) is 1.88. The van der Waals surface area contributed by atoms with Crippen molar-refractivity contribution in [3.05, 3.63) is 63.2 Å². The van der Waals surface area contributed by atoms with E-state index in [1.54, 1.807) is 22.9 Å². The first-order chi connectivity index (χ1) is 13.0. The van der Waals surface area contributed by atoms with Crippen LogP contribution in [0.3, 0.4) is 0 Å². The van der Waals surface area contributed by atoms with E-state index < -0.39 is 0 Å². The van der Waals surface area contributed by atoms with Gasteiger partial charge in [0, 0.05) is 28.0 Å². The van der Waals surface area contributed by atoms with Gasteiger partial charge in [0.05, 0.1) is 11.7 Å². The lowest BCUT2D eigenvalue weighted by molar-refractivity contribution is 0.0917. The molecule has 0 spiro atoms. The first-order valence-corrected chi connectivity index (χ1v) is 9.53. The van der Waals surface area contributed by atoms with Crippen molar-refractivity contribution in [2.45, 2.75) is 44.7 Å². The van der Waals surface area contributed by atoms with E-state index in [2.05, 4.69) is 15.4 Å². The molecule has 140 valence electrons. The van der Waals surface area contributed by atoms with Crippen molar-refractivity contribution in [1.29, 1.82) is 0 Å². The number of aromatic nitrogens is 3. The molecule has 0 radical (unpaired) electrons. The number of carbonyl (C=O) groups excluding carboxylic acids is 1. The molecule has 2 aromatic heterocycles. The molecule has 2 N–H and O–H groups in total. The zero-order valence-corrected chi connectivity index (χ0v) is 15.8. The third-order valence-corrected chi connectivity index (χ3v) is 5.40. The molecular weight excluding hydrogens is 364 g/mol. The van der Waals surface area contributed by atoms with Crippen LogP contribution in [0.2, 0.25) is 5.02 Å². The fourth-order valence-electron chi connectivity index (χ4n) is 3.74. The Hall–Kier alpha value is -2.60. The van der Waals surface area contributed by atoms with Crippen LogP contribution in [0.15, 0.2) is 41.2 Å². The maximum Gasteiger partial charge on any atom is 0.267 e. The van der Waals surface area contributed by atoms with E-state index in [0.29, 0.717) is 10.7 Å². The molecule has 0 unspecified atom stereocenters. The molecule has 0 saturated heterocycles.